The van der Waals surface area contributed by atoms with Gasteiger partial charge >= 0.3 is 0 Å². The van der Waals surface area contributed by atoms with Crippen LogP contribution in [0.15, 0.2) is 81.7 Å². The molecule has 4 aromatic rings. The highest BCUT2D eigenvalue weighted by molar-refractivity contribution is 9.11. The largest absolute Gasteiger partial charge is 0.0831 e. The molecule has 0 saturated carbocycles. The van der Waals surface area contributed by atoms with Crippen LogP contribution < -0.4 is 0 Å². The molecule has 4 heteroatoms. The lowest BCUT2D eigenvalue weighted by molar-refractivity contribution is 1.70. The van der Waals surface area contributed by atoms with Gasteiger partial charge in [0.2, 0.25) is 0 Å². The predicted octanol–water partition coefficient (Wildman–Crippen LogP) is 8.51. The minimum absolute atomic E-state index is 0.758. The van der Waals surface area contributed by atoms with E-state index >= 15 is 0 Å². The summed E-state index contributed by atoms with van der Waals surface area (Å²) in [6, 6.07) is 24.1. The monoisotopic (exact) mass is 480 g/mol. The Morgan fingerprint density at radius 1 is 0.583 bits per heavy atom. The van der Waals surface area contributed by atoms with E-state index in [1.165, 1.54) is 10.8 Å². The Hall–Kier alpha value is -1.06. The van der Waals surface area contributed by atoms with Crippen molar-refractivity contribution in [1.29, 1.82) is 0 Å². The van der Waals surface area contributed by atoms with Gasteiger partial charge in [-0.1, -0.05) is 83.9 Å². The minimum Gasteiger partial charge on any atom is -0.0831 e. The third-order valence-corrected chi connectivity index (χ3v) is 6.33. The van der Waals surface area contributed by atoms with E-state index < -0.39 is 0 Å². The fraction of sp³-hybridized carbons (Fsp3) is 0. The Morgan fingerprint density at radius 2 is 1.12 bits per heavy atom. The van der Waals surface area contributed by atoms with Gasteiger partial charge in [0.15, 0.2) is 0 Å². The molecule has 0 amide bonds. The van der Waals surface area contributed by atoms with Crippen molar-refractivity contribution in [3.05, 3.63) is 91.8 Å². The number of hydrogen-bond acceptors (Lipinski definition) is 0. The zero-order valence-electron chi connectivity index (χ0n) is 12.4. The summed E-state index contributed by atoms with van der Waals surface area (Å²) in [4.78, 5) is 0. The van der Waals surface area contributed by atoms with Crippen LogP contribution in [0, 0.1) is 0 Å². The molecule has 0 spiro atoms. The minimum atomic E-state index is 0.758. The Balaban J connectivity index is 0.000000141. The van der Waals surface area contributed by atoms with E-state index in [4.69, 9.17) is 23.2 Å². The zero-order chi connectivity index (χ0) is 17.1. The van der Waals surface area contributed by atoms with E-state index in [2.05, 4.69) is 37.9 Å². The van der Waals surface area contributed by atoms with Crippen LogP contribution in [0.3, 0.4) is 0 Å². The number of hydrogen-bond donors (Lipinski definition) is 0. The molecular weight excluding hydrogens is 471 g/mol. The van der Waals surface area contributed by atoms with E-state index in [1.807, 2.05) is 66.7 Å². The first-order valence-electron chi connectivity index (χ1n) is 7.23. The Bertz CT molecular complexity index is 929. The highest BCUT2D eigenvalue weighted by Gasteiger charge is 2.01. The molecule has 0 aliphatic carbocycles. The van der Waals surface area contributed by atoms with Crippen molar-refractivity contribution in [3.8, 4) is 0 Å². The summed E-state index contributed by atoms with van der Waals surface area (Å²) in [6.07, 6.45) is 0. The molecule has 0 fully saturated rings. The maximum atomic E-state index is 6.08. The predicted molar refractivity (Wildman–Crippen MR) is 113 cm³/mol. The van der Waals surface area contributed by atoms with E-state index in [1.54, 1.807) is 0 Å². The Kier molecular flexibility index (Phi) is 5.83. The summed E-state index contributed by atoms with van der Waals surface area (Å²) in [5, 5.41) is 6.17. The summed E-state index contributed by atoms with van der Waals surface area (Å²) in [5.74, 6) is 0. The highest BCUT2D eigenvalue weighted by Crippen LogP contribution is 2.31. The molecule has 0 aromatic heterocycles. The van der Waals surface area contributed by atoms with E-state index in [0.29, 0.717) is 0 Å². The first-order valence-corrected chi connectivity index (χ1v) is 9.57. The van der Waals surface area contributed by atoms with Crippen LogP contribution in [0.25, 0.3) is 21.5 Å². The quantitative estimate of drug-likeness (QED) is 0.235. The second-order valence-electron chi connectivity index (χ2n) is 5.17. The fourth-order valence-corrected chi connectivity index (χ4v) is 3.65. The normalized spacial score (nSPS) is 10.5. The van der Waals surface area contributed by atoms with Crippen LogP contribution in [0.1, 0.15) is 0 Å². The van der Waals surface area contributed by atoms with Crippen LogP contribution in [0.4, 0.5) is 0 Å². The van der Waals surface area contributed by atoms with Gasteiger partial charge in [-0.15, -0.1) is 0 Å². The lowest BCUT2D eigenvalue weighted by atomic mass is 10.1. The average Bonchev–Trinajstić information content (AvgIpc) is 2.62. The van der Waals surface area contributed by atoms with Crippen molar-refractivity contribution in [1.82, 2.24) is 0 Å². The first kappa shape index (κ1) is 17.8. The third-order valence-electron chi connectivity index (χ3n) is 3.63. The van der Waals surface area contributed by atoms with Gasteiger partial charge < -0.3 is 0 Å². The molecule has 120 valence electrons. The fourth-order valence-electron chi connectivity index (χ4n) is 2.41. The van der Waals surface area contributed by atoms with Crippen molar-refractivity contribution < 1.29 is 0 Å². The molecule has 24 heavy (non-hydrogen) atoms. The molecule has 0 aliphatic heterocycles. The molecular formula is C20H12Br2Cl2. The van der Waals surface area contributed by atoms with Crippen molar-refractivity contribution >= 4 is 76.6 Å². The topological polar surface area (TPSA) is 0 Å². The van der Waals surface area contributed by atoms with Crippen LogP contribution in [-0.2, 0) is 0 Å². The molecule has 0 aliphatic rings. The maximum absolute atomic E-state index is 6.08. The van der Waals surface area contributed by atoms with E-state index in [0.717, 1.165) is 29.8 Å². The van der Waals surface area contributed by atoms with Crippen LogP contribution in [0.5, 0.6) is 0 Å². The number of benzene rings is 4. The van der Waals surface area contributed by atoms with Gasteiger partial charge in [-0.2, -0.15) is 0 Å². The SMILES string of the molecule is Clc1c(Br)ccc2ccccc12.Clc1ccc2ccccc2c1Br. The molecule has 0 radical (unpaired) electrons. The Labute approximate surface area is 167 Å². The molecule has 0 nitrogen and oxygen atoms in total. The van der Waals surface area contributed by atoms with Gasteiger partial charge in [0.05, 0.1) is 10.0 Å². The molecule has 0 bridgehead atoms. The molecule has 0 atom stereocenters. The van der Waals surface area contributed by atoms with Gasteiger partial charge in [0.1, 0.15) is 0 Å². The van der Waals surface area contributed by atoms with Crippen molar-refractivity contribution in [3.63, 3.8) is 0 Å². The van der Waals surface area contributed by atoms with Crippen molar-refractivity contribution in [2.24, 2.45) is 0 Å². The van der Waals surface area contributed by atoms with Gasteiger partial charge in [-0.05, 0) is 60.2 Å². The number of halogens is 4. The molecule has 0 heterocycles. The second kappa shape index (κ2) is 7.88. The summed E-state index contributed by atoms with van der Waals surface area (Å²) in [7, 11) is 0. The summed E-state index contributed by atoms with van der Waals surface area (Å²) in [5.41, 5.74) is 0. The lowest BCUT2D eigenvalue weighted by Gasteiger charge is -2.01. The average molecular weight is 483 g/mol. The highest BCUT2D eigenvalue weighted by atomic mass is 79.9. The third kappa shape index (κ3) is 3.78. The molecule has 4 aromatic carbocycles. The standard InChI is InChI=1S/2C10H6BrCl/c11-10-8-4-2-1-3-7(8)5-6-9(10)12;11-9-6-5-7-3-1-2-4-8(7)10(9)12/h2*1-6H. The molecule has 0 N–H and O–H groups in total. The molecule has 0 saturated heterocycles. The summed E-state index contributed by atoms with van der Waals surface area (Å²) < 4.78 is 1.92. The van der Waals surface area contributed by atoms with Gasteiger partial charge in [0, 0.05) is 14.3 Å². The number of fused-ring (bicyclic) bond motifs is 2. The van der Waals surface area contributed by atoms with E-state index in [9.17, 15) is 0 Å². The van der Waals surface area contributed by atoms with Gasteiger partial charge in [-0.3, -0.25) is 0 Å². The summed E-state index contributed by atoms with van der Waals surface area (Å²) in [6.45, 7) is 0. The first-order chi connectivity index (χ1) is 11.6. The van der Waals surface area contributed by atoms with Crippen LogP contribution in [0.2, 0.25) is 10.0 Å². The molecule has 4 rings (SSSR count). The lowest BCUT2D eigenvalue weighted by Crippen LogP contribution is -1.74. The second-order valence-corrected chi connectivity index (χ2v) is 7.60. The summed E-state index contributed by atoms with van der Waals surface area (Å²) >= 11 is 18.9. The Morgan fingerprint density at radius 3 is 1.83 bits per heavy atom. The van der Waals surface area contributed by atoms with Crippen molar-refractivity contribution in [2.45, 2.75) is 0 Å². The van der Waals surface area contributed by atoms with Crippen molar-refractivity contribution in [2.75, 3.05) is 0 Å². The molecule has 0 unspecified atom stereocenters. The smallest absolute Gasteiger partial charge is 0.0626 e. The maximum Gasteiger partial charge on any atom is 0.0626 e. The zero-order valence-corrected chi connectivity index (χ0v) is 17.1. The van der Waals surface area contributed by atoms with Crippen LogP contribution in [-0.4, -0.2) is 0 Å². The van der Waals surface area contributed by atoms with Gasteiger partial charge in [-0.25, -0.2) is 0 Å². The van der Waals surface area contributed by atoms with Crippen LogP contribution >= 0.6 is 55.1 Å². The number of rotatable bonds is 0. The van der Waals surface area contributed by atoms with E-state index in [-0.39, 0.29) is 0 Å². The van der Waals surface area contributed by atoms with Gasteiger partial charge in [0.25, 0.3) is 0 Å².